The molecular weight excluding hydrogens is 306 g/mol. The van der Waals surface area contributed by atoms with Crippen molar-refractivity contribution in [2.75, 3.05) is 26.2 Å². The Labute approximate surface area is 122 Å². The second-order valence-electron chi connectivity index (χ2n) is 4.59. The van der Waals surface area contributed by atoms with Gasteiger partial charge in [0.2, 0.25) is 0 Å². The first-order valence-corrected chi connectivity index (χ1v) is 7.48. The highest BCUT2D eigenvalue weighted by molar-refractivity contribution is 9.10. The molecule has 0 unspecified atom stereocenters. The molecule has 1 aromatic rings. The Kier molecular flexibility index (Phi) is 5.51. The lowest BCUT2D eigenvalue weighted by Gasteiger charge is -2.27. The van der Waals surface area contributed by atoms with E-state index in [4.69, 9.17) is 10.5 Å². The molecule has 0 bridgehead atoms. The van der Waals surface area contributed by atoms with Gasteiger partial charge in [-0.2, -0.15) is 0 Å². The number of aliphatic imine (C=N–C) groups is 1. The number of guanidine groups is 1. The summed E-state index contributed by atoms with van der Waals surface area (Å²) in [6, 6.07) is 7.80. The van der Waals surface area contributed by atoms with Gasteiger partial charge in [0.05, 0.1) is 6.54 Å². The summed E-state index contributed by atoms with van der Waals surface area (Å²) in [4.78, 5) is 6.52. The van der Waals surface area contributed by atoms with E-state index < -0.39 is 0 Å². The average molecular weight is 326 g/mol. The first-order chi connectivity index (χ1) is 9.25. The van der Waals surface area contributed by atoms with Crippen LogP contribution in [0.3, 0.4) is 0 Å². The fraction of sp³-hybridized carbons (Fsp3) is 0.500. The molecule has 0 radical (unpaired) electrons. The molecule has 0 aliphatic carbocycles. The predicted octanol–water partition coefficient (Wildman–Crippen LogP) is 2.63. The van der Waals surface area contributed by atoms with Gasteiger partial charge in [-0.3, -0.25) is 0 Å². The van der Waals surface area contributed by atoms with E-state index in [-0.39, 0.29) is 0 Å². The highest BCUT2D eigenvalue weighted by atomic mass is 79.9. The van der Waals surface area contributed by atoms with Crippen LogP contribution < -0.4 is 10.5 Å². The van der Waals surface area contributed by atoms with E-state index in [0.717, 1.165) is 23.3 Å². The van der Waals surface area contributed by atoms with E-state index in [1.165, 1.54) is 19.3 Å². The van der Waals surface area contributed by atoms with Gasteiger partial charge in [0.15, 0.2) is 5.96 Å². The number of benzene rings is 1. The summed E-state index contributed by atoms with van der Waals surface area (Å²) in [7, 11) is 0. The number of nitrogens with zero attached hydrogens (tertiary/aromatic N) is 2. The van der Waals surface area contributed by atoms with Crippen molar-refractivity contribution >= 4 is 21.9 Å². The maximum atomic E-state index is 5.96. The maximum absolute atomic E-state index is 5.96. The lowest BCUT2D eigenvalue weighted by atomic mass is 10.1. The number of ether oxygens (including phenoxy) is 1. The Bertz CT molecular complexity index is 430. The minimum atomic E-state index is 0.547. The predicted molar refractivity (Wildman–Crippen MR) is 81.6 cm³/mol. The smallest absolute Gasteiger partial charge is 0.191 e. The normalized spacial score (nSPS) is 16.5. The van der Waals surface area contributed by atoms with E-state index >= 15 is 0 Å². The molecule has 2 rings (SSSR count). The quantitative estimate of drug-likeness (QED) is 0.526. The Morgan fingerprint density at radius 1 is 1.32 bits per heavy atom. The van der Waals surface area contributed by atoms with Gasteiger partial charge >= 0.3 is 0 Å². The van der Waals surface area contributed by atoms with Crippen molar-refractivity contribution in [1.29, 1.82) is 0 Å². The maximum Gasteiger partial charge on any atom is 0.191 e. The van der Waals surface area contributed by atoms with Crippen molar-refractivity contribution in [1.82, 2.24) is 4.90 Å². The molecule has 0 saturated carbocycles. The third-order valence-corrected chi connectivity index (χ3v) is 3.60. The molecule has 1 aliphatic rings. The molecule has 4 nitrogen and oxygen atoms in total. The van der Waals surface area contributed by atoms with Crippen LogP contribution in [0, 0.1) is 0 Å². The molecule has 1 aliphatic heterocycles. The van der Waals surface area contributed by atoms with Crippen molar-refractivity contribution in [2.24, 2.45) is 10.7 Å². The summed E-state index contributed by atoms with van der Waals surface area (Å²) in [6.07, 6.45) is 3.73. The molecule has 0 atom stereocenters. The summed E-state index contributed by atoms with van der Waals surface area (Å²) in [5, 5.41) is 0. The second-order valence-corrected chi connectivity index (χ2v) is 5.51. The number of piperidine rings is 1. The Hall–Kier alpha value is -1.23. The molecule has 0 aromatic heterocycles. The first-order valence-electron chi connectivity index (χ1n) is 6.69. The SMILES string of the molecule is NC(=NCCOc1cccc(Br)c1)N1CCCCC1. The van der Waals surface area contributed by atoms with Crippen LogP contribution in [-0.2, 0) is 0 Å². The lowest BCUT2D eigenvalue weighted by molar-refractivity contribution is 0.321. The van der Waals surface area contributed by atoms with Gasteiger partial charge in [0, 0.05) is 17.6 Å². The van der Waals surface area contributed by atoms with Crippen LogP contribution in [0.4, 0.5) is 0 Å². The van der Waals surface area contributed by atoms with Crippen molar-refractivity contribution in [3.05, 3.63) is 28.7 Å². The minimum Gasteiger partial charge on any atom is -0.492 e. The van der Waals surface area contributed by atoms with E-state index in [2.05, 4.69) is 25.8 Å². The van der Waals surface area contributed by atoms with E-state index in [1.807, 2.05) is 24.3 Å². The zero-order valence-corrected chi connectivity index (χ0v) is 12.6. The van der Waals surface area contributed by atoms with E-state index in [0.29, 0.717) is 19.1 Å². The van der Waals surface area contributed by atoms with Gasteiger partial charge < -0.3 is 15.4 Å². The number of halogens is 1. The zero-order chi connectivity index (χ0) is 13.5. The summed E-state index contributed by atoms with van der Waals surface area (Å²) in [6.45, 7) is 3.20. The molecule has 1 fully saturated rings. The van der Waals surface area contributed by atoms with Crippen molar-refractivity contribution < 1.29 is 4.74 Å². The summed E-state index contributed by atoms with van der Waals surface area (Å²) in [5.41, 5.74) is 5.96. The topological polar surface area (TPSA) is 50.9 Å². The van der Waals surface area contributed by atoms with E-state index in [9.17, 15) is 0 Å². The van der Waals surface area contributed by atoms with E-state index in [1.54, 1.807) is 0 Å². The fourth-order valence-electron chi connectivity index (χ4n) is 2.10. The standard InChI is InChI=1S/C14H20BrN3O/c15-12-5-4-6-13(11-12)19-10-7-17-14(16)18-8-2-1-3-9-18/h4-6,11H,1-3,7-10H2,(H2,16,17). The highest BCUT2D eigenvalue weighted by Crippen LogP contribution is 2.17. The second kappa shape index (κ2) is 7.38. The number of hydrogen-bond acceptors (Lipinski definition) is 2. The number of nitrogens with two attached hydrogens (primary N) is 1. The van der Waals surface area contributed by atoms with Crippen LogP contribution in [0.5, 0.6) is 5.75 Å². The summed E-state index contributed by atoms with van der Waals surface area (Å²) >= 11 is 3.41. The molecule has 0 spiro atoms. The van der Waals surface area contributed by atoms with Gasteiger partial charge in [-0.1, -0.05) is 22.0 Å². The third-order valence-electron chi connectivity index (χ3n) is 3.11. The molecule has 1 aromatic carbocycles. The fourth-order valence-corrected chi connectivity index (χ4v) is 2.48. The van der Waals surface area contributed by atoms with Crippen LogP contribution in [0.1, 0.15) is 19.3 Å². The summed E-state index contributed by atoms with van der Waals surface area (Å²) < 4.78 is 6.63. The van der Waals surface area contributed by atoms with Crippen LogP contribution in [-0.4, -0.2) is 37.1 Å². The molecule has 104 valence electrons. The van der Waals surface area contributed by atoms with Crippen LogP contribution in [0.2, 0.25) is 0 Å². The van der Waals surface area contributed by atoms with Gasteiger partial charge in [-0.05, 0) is 37.5 Å². The number of hydrogen-bond donors (Lipinski definition) is 1. The molecule has 0 amide bonds. The molecule has 2 N–H and O–H groups in total. The van der Waals surface area contributed by atoms with Gasteiger partial charge in [-0.25, -0.2) is 4.99 Å². The Morgan fingerprint density at radius 2 is 2.11 bits per heavy atom. The van der Waals surface area contributed by atoms with Crippen LogP contribution in [0.15, 0.2) is 33.7 Å². The molecular formula is C14H20BrN3O. The van der Waals surface area contributed by atoms with Crippen LogP contribution >= 0.6 is 15.9 Å². The minimum absolute atomic E-state index is 0.547. The van der Waals surface area contributed by atoms with Gasteiger partial charge in [0.25, 0.3) is 0 Å². The molecule has 1 saturated heterocycles. The van der Waals surface area contributed by atoms with Crippen molar-refractivity contribution in [3.63, 3.8) is 0 Å². The molecule has 1 heterocycles. The van der Waals surface area contributed by atoms with Crippen LogP contribution in [0.25, 0.3) is 0 Å². The largest absolute Gasteiger partial charge is 0.492 e. The summed E-state index contributed by atoms with van der Waals surface area (Å²) in [5.74, 6) is 1.50. The Balaban J connectivity index is 1.73. The third kappa shape index (κ3) is 4.74. The van der Waals surface area contributed by atoms with Crippen molar-refractivity contribution in [3.8, 4) is 5.75 Å². The van der Waals surface area contributed by atoms with Gasteiger partial charge in [0.1, 0.15) is 12.4 Å². The molecule has 19 heavy (non-hydrogen) atoms. The highest BCUT2D eigenvalue weighted by Gasteiger charge is 2.11. The zero-order valence-electron chi connectivity index (χ0n) is 11.0. The van der Waals surface area contributed by atoms with Gasteiger partial charge in [-0.15, -0.1) is 0 Å². The van der Waals surface area contributed by atoms with Crippen molar-refractivity contribution in [2.45, 2.75) is 19.3 Å². The monoisotopic (exact) mass is 325 g/mol. The average Bonchev–Trinajstić information content (AvgIpc) is 2.44. The number of rotatable bonds is 4. The number of likely N-dealkylation sites (tertiary alicyclic amines) is 1. The lowest BCUT2D eigenvalue weighted by Crippen LogP contribution is -2.41. The Morgan fingerprint density at radius 3 is 2.84 bits per heavy atom. The first kappa shape index (κ1) is 14.2. The molecule has 5 heteroatoms.